The molecule has 4 rings (SSSR count). The van der Waals surface area contributed by atoms with Crippen molar-refractivity contribution in [2.24, 2.45) is 0 Å². The van der Waals surface area contributed by atoms with Crippen molar-refractivity contribution in [1.29, 1.82) is 0 Å². The summed E-state index contributed by atoms with van der Waals surface area (Å²) in [6.45, 7) is 1.87. The molecular formula is C24H19N3O5. The van der Waals surface area contributed by atoms with Crippen LogP contribution in [0.1, 0.15) is 11.1 Å². The Bertz CT molecular complexity index is 1260. The number of imide groups is 1. The molecule has 1 aliphatic rings. The number of non-ortho nitro benzene ring substituents is 1. The van der Waals surface area contributed by atoms with Crippen LogP contribution in [0.5, 0.6) is 5.75 Å². The number of para-hydroxylation sites is 2. The van der Waals surface area contributed by atoms with Gasteiger partial charge in [-0.2, -0.15) is 0 Å². The second-order valence-corrected chi connectivity index (χ2v) is 7.16. The fourth-order valence-electron chi connectivity index (χ4n) is 3.55. The lowest BCUT2D eigenvalue weighted by molar-refractivity contribution is -0.384. The van der Waals surface area contributed by atoms with Gasteiger partial charge in [-0.1, -0.05) is 24.3 Å². The van der Waals surface area contributed by atoms with Crippen molar-refractivity contribution in [2.75, 3.05) is 17.3 Å². The van der Waals surface area contributed by atoms with Crippen molar-refractivity contribution in [3.05, 3.63) is 99.7 Å². The van der Waals surface area contributed by atoms with E-state index in [0.717, 1.165) is 10.5 Å². The summed E-state index contributed by atoms with van der Waals surface area (Å²) in [4.78, 5) is 38.5. The molecule has 1 N–H and O–H groups in total. The van der Waals surface area contributed by atoms with Crippen LogP contribution < -0.4 is 15.0 Å². The third-order valence-corrected chi connectivity index (χ3v) is 5.08. The Morgan fingerprint density at radius 3 is 2.31 bits per heavy atom. The van der Waals surface area contributed by atoms with E-state index in [1.165, 1.54) is 31.4 Å². The van der Waals surface area contributed by atoms with Crippen molar-refractivity contribution >= 4 is 34.4 Å². The second kappa shape index (κ2) is 8.35. The van der Waals surface area contributed by atoms with Gasteiger partial charge in [-0.25, -0.2) is 4.90 Å². The zero-order valence-electron chi connectivity index (χ0n) is 17.4. The highest BCUT2D eigenvalue weighted by atomic mass is 16.6. The number of hydrogen-bond donors (Lipinski definition) is 1. The number of hydrogen-bond acceptors (Lipinski definition) is 6. The molecule has 32 heavy (non-hydrogen) atoms. The van der Waals surface area contributed by atoms with Crippen molar-refractivity contribution in [2.45, 2.75) is 6.92 Å². The lowest BCUT2D eigenvalue weighted by atomic mass is 10.0. The molecule has 0 fully saturated rings. The summed E-state index contributed by atoms with van der Waals surface area (Å²) in [7, 11) is 1.51. The maximum atomic E-state index is 13.4. The van der Waals surface area contributed by atoms with E-state index in [0.29, 0.717) is 22.7 Å². The number of benzene rings is 3. The van der Waals surface area contributed by atoms with Crippen LogP contribution in [0.25, 0.3) is 5.57 Å². The van der Waals surface area contributed by atoms with E-state index in [2.05, 4.69) is 5.32 Å². The summed E-state index contributed by atoms with van der Waals surface area (Å²) in [6.07, 6.45) is 0. The molecular weight excluding hydrogens is 410 g/mol. The van der Waals surface area contributed by atoms with Gasteiger partial charge >= 0.3 is 0 Å². The molecule has 160 valence electrons. The minimum atomic E-state index is -0.528. The molecule has 0 atom stereocenters. The summed E-state index contributed by atoms with van der Waals surface area (Å²) in [6, 6.07) is 19.6. The van der Waals surface area contributed by atoms with Gasteiger partial charge in [-0.05, 0) is 54.4 Å². The van der Waals surface area contributed by atoms with Crippen LogP contribution in [0.2, 0.25) is 0 Å². The molecule has 0 saturated carbocycles. The Morgan fingerprint density at radius 1 is 0.938 bits per heavy atom. The number of carbonyl (C=O) groups excluding carboxylic acids is 2. The molecule has 3 aromatic rings. The zero-order valence-corrected chi connectivity index (χ0v) is 17.4. The van der Waals surface area contributed by atoms with Gasteiger partial charge in [-0.15, -0.1) is 0 Å². The van der Waals surface area contributed by atoms with Gasteiger partial charge in [0.2, 0.25) is 0 Å². The predicted molar refractivity (Wildman–Crippen MR) is 120 cm³/mol. The summed E-state index contributed by atoms with van der Waals surface area (Å²) in [5.41, 5.74) is 2.31. The van der Waals surface area contributed by atoms with Crippen molar-refractivity contribution in [1.82, 2.24) is 0 Å². The van der Waals surface area contributed by atoms with E-state index in [1.807, 2.05) is 13.0 Å². The van der Waals surface area contributed by atoms with Gasteiger partial charge in [0.15, 0.2) is 0 Å². The molecule has 1 aliphatic heterocycles. The monoisotopic (exact) mass is 429 g/mol. The first-order valence-electron chi connectivity index (χ1n) is 9.75. The molecule has 8 heteroatoms. The van der Waals surface area contributed by atoms with Crippen LogP contribution in [-0.2, 0) is 9.59 Å². The highest BCUT2D eigenvalue weighted by Gasteiger charge is 2.40. The van der Waals surface area contributed by atoms with Gasteiger partial charge in [0, 0.05) is 12.1 Å². The third kappa shape index (κ3) is 3.69. The van der Waals surface area contributed by atoms with Crippen LogP contribution in [0.15, 0.2) is 78.5 Å². The lowest BCUT2D eigenvalue weighted by Gasteiger charge is -2.16. The predicted octanol–water partition coefficient (Wildman–Crippen LogP) is 4.31. The first-order chi connectivity index (χ1) is 15.4. The minimum absolute atomic E-state index is 0.0647. The third-order valence-electron chi connectivity index (χ3n) is 5.08. The van der Waals surface area contributed by atoms with E-state index in [-0.39, 0.29) is 17.0 Å². The number of nitrogens with zero attached hydrogens (tertiary/aromatic N) is 2. The Hall–Kier alpha value is -4.46. The van der Waals surface area contributed by atoms with Gasteiger partial charge in [0.25, 0.3) is 17.5 Å². The highest BCUT2D eigenvalue weighted by Crippen LogP contribution is 2.36. The summed E-state index contributed by atoms with van der Waals surface area (Å²) < 4.78 is 5.36. The molecule has 1 heterocycles. The SMILES string of the molecule is COc1ccccc1NC1=C(c2ccc([N+](=O)[O-])cc2)C(=O)N(c2cccc(C)c2)C1=O. The number of nitro groups is 1. The number of carbonyl (C=O) groups is 2. The number of nitrogens with one attached hydrogen (secondary N) is 1. The number of anilines is 2. The van der Waals surface area contributed by atoms with Gasteiger partial charge in [0.05, 0.1) is 29.0 Å². The van der Waals surface area contributed by atoms with Crippen LogP contribution in [0.4, 0.5) is 17.1 Å². The van der Waals surface area contributed by atoms with Gasteiger partial charge in [-0.3, -0.25) is 19.7 Å². The number of nitro benzene ring substituents is 1. The van der Waals surface area contributed by atoms with E-state index >= 15 is 0 Å². The minimum Gasteiger partial charge on any atom is -0.495 e. The number of methoxy groups -OCH3 is 1. The molecule has 2 amide bonds. The molecule has 0 spiro atoms. The second-order valence-electron chi connectivity index (χ2n) is 7.16. The summed E-state index contributed by atoms with van der Waals surface area (Å²) >= 11 is 0. The van der Waals surface area contributed by atoms with E-state index < -0.39 is 16.7 Å². The Labute approximate surface area is 183 Å². The maximum Gasteiger partial charge on any atom is 0.282 e. The zero-order chi connectivity index (χ0) is 22.8. The van der Waals surface area contributed by atoms with E-state index in [9.17, 15) is 19.7 Å². The Balaban J connectivity index is 1.84. The standard InChI is InChI=1S/C24H19N3O5/c1-15-6-5-7-18(14-15)26-23(28)21(16-10-12-17(13-11-16)27(30)31)22(24(26)29)25-19-8-3-4-9-20(19)32-2/h3-14,25H,1-2H3. The van der Waals surface area contributed by atoms with Crippen LogP contribution >= 0.6 is 0 Å². The molecule has 0 bridgehead atoms. The molecule has 8 nitrogen and oxygen atoms in total. The molecule has 0 radical (unpaired) electrons. The average Bonchev–Trinajstić information content (AvgIpc) is 3.03. The summed E-state index contributed by atoms with van der Waals surface area (Å²) in [5.74, 6) is -0.552. The van der Waals surface area contributed by atoms with Crippen LogP contribution in [0.3, 0.4) is 0 Å². The van der Waals surface area contributed by atoms with Crippen molar-refractivity contribution in [3.8, 4) is 5.75 Å². The Kier molecular flexibility index (Phi) is 5.43. The molecule has 0 aliphatic carbocycles. The fourth-order valence-corrected chi connectivity index (χ4v) is 3.55. The average molecular weight is 429 g/mol. The number of ether oxygens (including phenoxy) is 1. The van der Waals surface area contributed by atoms with Crippen LogP contribution in [-0.4, -0.2) is 23.8 Å². The molecule has 3 aromatic carbocycles. The number of rotatable bonds is 6. The molecule has 0 saturated heterocycles. The summed E-state index contributed by atoms with van der Waals surface area (Å²) in [5, 5.41) is 14.1. The first kappa shape index (κ1) is 20.8. The number of aryl methyl sites for hydroxylation is 1. The Morgan fingerprint density at radius 2 is 1.66 bits per heavy atom. The van der Waals surface area contributed by atoms with Crippen molar-refractivity contribution < 1.29 is 19.2 Å². The smallest absolute Gasteiger partial charge is 0.282 e. The molecule has 0 aromatic heterocycles. The topological polar surface area (TPSA) is 102 Å². The van der Waals surface area contributed by atoms with Crippen molar-refractivity contribution in [3.63, 3.8) is 0 Å². The quantitative estimate of drug-likeness (QED) is 0.356. The molecule has 0 unspecified atom stereocenters. The maximum absolute atomic E-state index is 13.4. The largest absolute Gasteiger partial charge is 0.495 e. The fraction of sp³-hybridized carbons (Fsp3) is 0.0833. The normalized spacial score (nSPS) is 13.5. The van der Waals surface area contributed by atoms with E-state index in [4.69, 9.17) is 4.74 Å². The highest BCUT2D eigenvalue weighted by molar-refractivity contribution is 6.46. The number of amides is 2. The van der Waals surface area contributed by atoms with Crippen LogP contribution in [0, 0.1) is 17.0 Å². The first-order valence-corrected chi connectivity index (χ1v) is 9.75. The van der Waals surface area contributed by atoms with E-state index in [1.54, 1.807) is 42.5 Å². The van der Waals surface area contributed by atoms with Gasteiger partial charge in [0.1, 0.15) is 11.4 Å². The van der Waals surface area contributed by atoms with Gasteiger partial charge < -0.3 is 10.1 Å². The lowest BCUT2D eigenvalue weighted by Crippen LogP contribution is -2.32.